The number of para-hydroxylation sites is 1. The van der Waals surface area contributed by atoms with Gasteiger partial charge in [0.05, 0.1) is 13.2 Å². The monoisotopic (exact) mass is 267 g/mol. The lowest BCUT2D eigenvalue weighted by molar-refractivity contribution is -0.142. The number of nitrogens with one attached hydrogen (secondary N) is 1. The summed E-state index contributed by atoms with van der Waals surface area (Å²) in [5.41, 5.74) is 0.118. The summed E-state index contributed by atoms with van der Waals surface area (Å²) in [4.78, 5) is 21.9. The molecule has 0 aliphatic rings. The first-order valence-electron chi connectivity index (χ1n) is 5.96. The van der Waals surface area contributed by atoms with Gasteiger partial charge in [0.25, 0.3) is 0 Å². The maximum absolute atomic E-state index is 11.0. The van der Waals surface area contributed by atoms with E-state index in [0.717, 1.165) is 0 Å². The topological polar surface area (TPSA) is 84.9 Å². The highest BCUT2D eigenvalue weighted by molar-refractivity contribution is 5.90. The van der Waals surface area contributed by atoms with E-state index in [2.05, 4.69) is 5.32 Å². The van der Waals surface area contributed by atoms with Gasteiger partial charge in [-0.25, -0.2) is 4.79 Å². The lowest BCUT2D eigenvalue weighted by Crippen LogP contribution is -2.28. The molecular formula is C13H17NO5. The third-order valence-corrected chi connectivity index (χ3v) is 2.23. The van der Waals surface area contributed by atoms with E-state index < -0.39 is 5.97 Å². The molecule has 0 aromatic heterocycles. The fourth-order valence-electron chi connectivity index (χ4n) is 1.40. The van der Waals surface area contributed by atoms with Crippen LogP contribution >= 0.6 is 0 Å². The smallest absolute Gasteiger partial charge is 0.339 e. The normalized spacial score (nSPS) is 9.95. The summed E-state index contributed by atoms with van der Waals surface area (Å²) >= 11 is 0. The van der Waals surface area contributed by atoms with Crippen LogP contribution in [0.15, 0.2) is 24.3 Å². The first-order chi connectivity index (χ1) is 9.15. The highest BCUT2D eigenvalue weighted by Crippen LogP contribution is 2.17. The molecule has 0 fully saturated rings. The standard InChI is InChI=1S/C13H17NO5/c1-2-18-12(15)9-14-7-8-19-11-6-4-3-5-10(11)13(16)17/h3-6,14H,2,7-9H2,1H3,(H,16,17). The Bertz CT molecular complexity index is 433. The van der Waals surface area contributed by atoms with Crippen molar-refractivity contribution in [3.05, 3.63) is 29.8 Å². The quantitative estimate of drug-likeness (QED) is 0.538. The third kappa shape index (κ3) is 5.39. The molecule has 0 unspecified atom stereocenters. The number of benzene rings is 1. The molecule has 0 bridgehead atoms. The maximum Gasteiger partial charge on any atom is 0.339 e. The lowest BCUT2D eigenvalue weighted by atomic mass is 10.2. The number of carboxylic acids is 1. The Kier molecular flexibility index (Phi) is 6.38. The van der Waals surface area contributed by atoms with E-state index in [1.54, 1.807) is 25.1 Å². The van der Waals surface area contributed by atoms with Crippen molar-refractivity contribution < 1.29 is 24.2 Å². The molecule has 0 spiro atoms. The second kappa shape index (κ2) is 8.10. The number of hydrogen-bond acceptors (Lipinski definition) is 5. The summed E-state index contributed by atoms with van der Waals surface area (Å²) in [6.07, 6.45) is 0. The summed E-state index contributed by atoms with van der Waals surface area (Å²) in [6, 6.07) is 6.40. The average molecular weight is 267 g/mol. The van der Waals surface area contributed by atoms with Crippen LogP contribution in [0.4, 0.5) is 0 Å². The molecule has 6 nitrogen and oxygen atoms in total. The number of hydrogen-bond donors (Lipinski definition) is 2. The third-order valence-electron chi connectivity index (χ3n) is 2.23. The Balaban J connectivity index is 2.30. The second-order valence-corrected chi connectivity index (χ2v) is 3.63. The summed E-state index contributed by atoms with van der Waals surface area (Å²) in [7, 11) is 0. The molecule has 104 valence electrons. The zero-order valence-electron chi connectivity index (χ0n) is 10.7. The van der Waals surface area contributed by atoms with Gasteiger partial charge in [0.2, 0.25) is 0 Å². The van der Waals surface area contributed by atoms with Gasteiger partial charge in [-0.3, -0.25) is 4.79 Å². The average Bonchev–Trinajstić information content (AvgIpc) is 2.39. The van der Waals surface area contributed by atoms with Crippen LogP contribution in [0.2, 0.25) is 0 Å². The number of aromatic carboxylic acids is 1. The minimum Gasteiger partial charge on any atom is -0.491 e. The largest absolute Gasteiger partial charge is 0.491 e. The van der Waals surface area contributed by atoms with Crippen LogP contribution < -0.4 is 10.1 Å². The predicted molar refractivity (Wildman–Crippen MR) is 68.4 cm³/mol. The molecule has 6 heteroatoms. The van der Waals surface area contributed by atoms with Crippen molar-refractivity contribution in [2.24, 2.45) is 0 Å². The molecule has 0 amide bonds. The second-order valence-electron chi connectivity index (χ2n) is 3.63. The number of carbonyl (C=O) groups is 2. The Morgan fingerprint density at radius 3 is 2.74 bits per heavy atom. The Labute approximate surface area is 111 Å². The van der Waals surface area contributed by atoms with Gasteiger partial charge in [0, 0.05) is 6.54 Å². The van der Waals surface area contributed by atoms with Crippen molar-refractivity contribution in [3.63, 3.8) is 0 Å². The van der Waals surface area contributed by atoms with Crippen LogP contribution in [0.5, 0.6) is 5.75 Å². The first-order valence-corrected chi connectivity index (χ1v) is 5.96. The van der Waals surface area contributed by atoms with E-state index in [1.165, 1.54) is 6.07 Å². The van der Waals surface area contributed by atoms with E-state index in [-0.39, 0.29) is 24.7 Å². The summed E-state index contributed by atoms with van der Waals surface area (Å²) in [6.45, 7) is 2.89. The Hall–Kier alpha value is -2.08. The molecule has 0 saturated heterocycles. The van der Waals surface area contributed by atoms with Crippen LogP contribution in [-0.4, -0.2) is 43.3 Å². The zero-order valence-corrected chi connectivity index (χ0v) is 10.7. The van der Waals surface area contributed by atoms with Gasteiger partial charge in [-0.1, -0.05) is 12.1 Å². The molecule has 19 heavy (non-hydrogen) atoms. The first kappa shape index (κ1) is 15.0. The minimum absolute atomic E-state index is 0.109. The fraction of sp³-hybridized carbons (Fsp3) is 0.385. The Morgan fingerprint density at radius 2 is 2.05 bits per heavy atom. The molecule has 0 saturated carbocycles. The van der Waals surface area contributed by atoms with Gasteiger partial charge in [0.1, 0.15) is 17.9 Å². The van der Waals surface area contributed by atoms with Crippen molar-refractivity contribution in [3.8, 4) is 5.75 Å². The maximum atomic E-state index is 11.0. The van der Waals surface area contributed by atoms with Gasteiger partial charge in [-0.2, -0.15) is 0 Å². The van der Waals surface area contributed by atoms with Crippen molar-refractivity contribution >= 4 is 11.9 Å². The van der Waals surface area contributed by atoms with Crippen molar-refractivity contribution in [2.45, 2.75) is 6.92 Å². The number of carboxylic acid groups (broad SMARTS) is 1. The van der Waals surface area contributed by atoms with E-state index in [9.17, 15) is 9.59 Å². The number of rotatable bonds is 8. The van der Waals surface area contributed by atoms with E-state index in [4.69, 9.17) is 14.6 Å². The van der Waals surface area contributed by atoms with Crippen LogP contribution in [-0.2, 0) is 9.53 Å². The highest BCUT2D eigenvalue weighted by atomic mass is 16.5. The van der Waals surface area contributed by atoms with Crippen molar-refractivity contribution in [2.75, 3.05) is 26.3 Å². The van der Waals surface area contributed by atoms with Gasteiger partial charge >= 0.3 is 11.9 Å². The Morgan fingerprint density at radius 1 is 1.32 bits per heavy atom. The molecule has 0 atom stereocenters. The van der Waals surface area contributed by atoms with Crippen LogP contribution in [0.1, 0.15) is 17.3 Å². The molecular weight excluding hydrogens is 250 g/mol. The summed E-state index contributed by atoms with van der Waals surface area (Å²) < 4.78 is 10.1. The summed E-state index contributed by atoms with van der Waals surface area (Å²) in [5.74, 6) is -1.04. The lowest BCUT2D eigenvalue weighted by Gasteiger charge is -2.09. The van der Waals surface area contributed by atoms with Gasteiger partial charge < -0.3 is 19.9 Å². The molecule has 2 N–H and O–H groups in total. The van der Waals surface area contributed by atoms with E-state index in [0.29, 0.717) is 18.9 Å². The molecule has 0 radical (unpaired) electrons. The molecule has 1 aromatic carbocycles. The van der Waals surface area contributed by atoms with E-state index >= 15 is 0 Å². The molecule has 0 aliphatic heterocycles. The number of carbonyl (C=O) groups excluding carboxylic acids is 1. The number of ether oxygens (including phenoxy) is 2. The van der Waals surface area contributed by atoms with Crippen LogP contribution in [0, 0.1) is 0 Å². The molecule has 1 aromatic rings. The SMILES string of the molecule is CCOC(=O)CNCCOc1ccccc1C(=O)O. The molecule has 0 heterocycles. The van der Waals surface area contributed by atoms with E-state index in [1.807, 2.05) is 0 Å². The number of esters is 1. The van der Waals surface area contributed by atoms with Crippen LogP contribution in [0.3, 0.4) is 0 Å². The predicted octanol–water partition coefficient (Wildman–Crippen LogP) is 0.916. The zero-order chi connectivity index (χ0) is 14.1. The fourth-order valence-corrected chi connectivity index (χ4v) is 1.40. The van der Waals surface area contributed by atoms with Gasteiger partial charge in [-0.15, -0.1) is 0 Å². The molecule has 1 rings (SSSR count). The van der Waals surface area contributed by atoms with Crippen molar-refractivity contribution in [1.29, 1.82) is 0 Å². The van der Waals surface area contributed by atoms with Gasteiger partial charge in [-0.05, 0) is 19.1 Å². The van der Waals surface area contributed by atoms with Crippen molar-refractivity contribution in [1.82, 2.24) is 5.32 Å². The van der Waals surface area contributed by atoms with Crippen LogP contribution in [0.25, 0.3) is 0 Å². The molecule has 0 aliphatic carbocycles. The highest BCUT2D eigenvalue weighted by Gasteiger charge is 2.09. The minimum atomic E-state index is -1.03. The van der Waals surface area contributed by atoms with Gasteiger partial charge in [0.15, 0.2) is 0 Å². The summed E-state index contributed by atoms with van der Waals surface area (Å²) in [5, 5.41) is 11.8.